The van der Waals surface area contributed by atoms with Crippen molar-refractivity contribution >= 4 is 34.4 Å². The minimum absolute atomic E-state index is 0.00567. The zero-order valence-electron chi connectivity index (χ0n) is 15.9. The number of fused-ring (bicyclic) bond motifs is 1. The van der Waals surface area contributed by atoms with Crippen molar-refractivity contribution < 1.29 is 24.3 Å². The second kappa shape index (κ2) is 7.28. The fourth-order valence-electron chi connectivity index (χ4n) is 3.64. The van der Waals surface area contributed by atoms with Gasteiger partial charge in [0.05, 0.1) is 23.6 Å². The highest BCUT2D eigenvalue weighted by atomic mass is 19.1. The molecule has 1 saturated carbocycles. The zero-order valence-corrected chi connectivity index (χ0v) is 15.9. The van der Waals surface area contributed by atoms with E-state index in [2.05, 4.69) is 15.3 Å². The van der Waals surface area contributed by atoms with Crippen molar-refractivity contribution in [3.63, 3.8) is 0 Å². The van der Waals surface area contributed by atoms with Gasteiger partial charge in [0.1, 0.15) is 24.2 Å². The van der Waals surface area contributed by atoms with Crippen LogP contribution in [0.2, 0.25) is 0 Å². The number of rotatable bonds is 5. The number of amidine groups is 1. The van der Waals surface area contributed by atoms with Gasteiger partial charge in [-0.2, -0.15) is 0 Å². The van der Waals surface area contributed by atoms with Gasteiger partial charge in [-0.15, -0.1) is 0 Å². The molecule has 0 amide bonds. The Morgan fingerprint density at radius 3 is 2.77 bits per heavy atom. The lowest BCUT2D eigenvalue weighted by Crippen LogP contribution is -2.31. The predicted molar refractivity (Wildman–Crippen MR) is 105 cm³/mol. The third-order valence-corrected chi connectivity index (χ3v) is 5.25. The van der Waals surface area contributed by atoms with Crippen LogP contribution in [0.15, 0.2) is 27.4 Å². The van der Waals surface area contributed by atoms with Crippen LogP contribution in [0.4, 0.5) is 10.2 Å². The minimum atomic E-state index is -1.37. The molecule has 1 aliphatic carbocycles. The molecule has 4 N–H and O–H groups in total. The molecule has 158 valence electrons. The largest absolute Gasteiger partial charge is 0.477 e. The van der Waals surface area contributed by atoms with Crippen molar-refractivity contribution in [3.8, 4) is 0 Å². The fourth-order valence-corrected chi connectivity index (χ4v) is 3.64. The lowest BCUT2D eigenvalue weighted by molar-refractivity contribution is 0.0695. The number of carboxylic acids is 1. The molecule has 11 nitrogen and oxygen atoms in total. The van der Waals surface area contributed by atoms with Crippen LogP contribution in [-0.4, -0.2) is 57.6 Å². The third kappa shape index (κ3) is 3.19. The van der Waals surface area contributed by atoms with Gasteiger partial charge < -0.3 is 30.4 Å². The van der Waals surface area contributed by atoms with Crippen LogP contribution in [0.1, 0.15) is 29.2 Å². The van der Waals surface area contributed by atoms with Crippen molar-refractivity contribution in [1.82, 2.24) is 9.55 Å². The number of anilines is 1. The lowest BCUT2D eigenvalue weighted by Gasteiger charge is -2.19. The van der Waals surface area contributed by atoms with Crippen LogP contribution in [0.5, 0.6) is 0 Å². The average Bonchev–Trinajstić information content (AvgIpc) is 3.47. The Morgan fingerprint density at radius 1 is 1.43 bits per heavy atom. The van der Waals surface area contributed by atoms with Crippen molar-refractivity contribution in [2.45, 2.75) is 18.9 Å². The highest BCUT2D eigenvalue weighted by molar-refractivity contribution is 6.10. The summed E-state index contributed by atoms with van der Waals surface area (Å²) in [7, 11) is 1.35. The second-order valence-electron chi connectivity index (χ2n) is 7.20. The highest BCUT2D eigenvalue weighted by Gasteiger charge is 2.36. The molecule has 4 rings (SSSR count). The number of nitrogens with zero attached hydrogens (tertiary/aromatic N) is 5. The van der Waals surface area contributed by atoms with Gasteiger partial charge in [0, 0.05) is 18.8 Å². The Morgan fingerprint density at radius 2 is 2.17 bits per heavy atom. The lowest BCUT2D eigenvalue weighted by atomic mass is 10.1. The van der Waals surface area contributed by atoms with E-state index in [1.54, 1.807) is 9.47 Å². The molecule has 0 spiro atoms. The van der Waals surface area contributed by atoms with E-state index in [9.17, 15) is 19.1 Å². The maximum absolute atomic E-state index is 15.0. The van der Waals surface area contributed by atoms with E-state index in [0.29, 0.717) is 5.71 Å². The molecule has 3 heterocycles. The molecule has 2 aromatic heterocycles. The number of carbonyl (C=O) groups is 1. The van der Waals surface area contributed by atoms with Crippen molar-refractivity contribution in [1.29, 1.82) is 0 Å². The van der Waals surface area contributed by atoms with Crippen LogP contribution >= 0.6 is 0 Å². The van der Waals surface area contributed by atoms with Gasteiger partial charge in [-0.05, 0) is 18.9 Å². The molecular weight excluding hydrogens is 399 g/mol. The summed E-state index contributed by atoms with van der Waals surface area (Å²) in [5, 5.41) is 25.1. The molecule has 1 aliphatic heterocycles. The Labute approximate surface area is 168 Å². The smallest absolute Gasteiger partial charge is 0.341 e. The fraction of sp³-hybridized carbons (Fsp3) is 0.389. The molecule has 1 atom stereocenters. The minimum Gasteiger partial charge on any atom is -0.477 e. The summed E-state index contributed by atoms with van der Waals surface area (Å²) in [6.45, 7) is 0.249. The molecule has 30 heavy (non-hydrogen) atoms. The molecule has 2 aliphatic rings. The Bertz CT molecular complexity index is 1160. The molecule has 1 unspecified atom stereocenters. The van der Waals surface area contributed by atoms with E-state index >= 15 is 0 Å². The first-order valence-electron chi connectivity index (χ1n) is 9.16. The van der Waals surface area contributed by atoms with Crippen molar-refractivity contribution in [3.05, 3.63) is 33.9 Å². The summed E-state index contributed by atoms with van der Waals surface area (Å²) >= 11 is 0. The Balaban J connectivity index is 1.85. The number of aromatic nitrogens is 2. The number of carboxylic acid groups (broad SMARTS) is 1. The normalized spacial score (nSPS) is 20.9. The molecule has 1 saturated heterocycles. The summed E-state index contributed by atoms with van der Waals surface area (Å²) in [6, 6.07) is 1.01. The summed E-state index contributed by atoms with van der Waals surface area (Å²) in [5.74, 6) is -2.91. The summed E-state index contributed by atoms with van der Waals surface area (Å²) in [4.78, 5) is 34.7. The number of aromatic carboxylic acids is 1. The first-order valence-corrected chi connectivity index (χ1v) is 9.16. The first-order chi connectivity index (χ1) is 14.3. The number of oxime groups is 2. The van der Waals surface area contributed by atoms with E-state index in [4.69, 9.17) is 15.8 Å². The zero-order chi connectivity index (χ0) is 21.6. The first kappa shape index (κ1) is 19.6. The van der Waals surface area contributed by atoms with Crippen molar-refractivity contribution in [2.24, 2.45) is 22.0 Å². The van der Waals surface area contributed by atoms with E-state index < -0.39 is 28.7 Å². The summed E-state index contributed by atoms with van der Waals surface area (Å²) in [5.41, 5.74) is 5.15. The van der Waals surface area contributed by atoms with Crippen LogP contribution in [-0.2, 0) is 4.84 Å². The molecule has 2 fully saturated rings. The quantitative estimate of drug-likeness (QED) is 0.278. The molecule has 2 aromatic rings. The summed E-state index contributed by atoms with van der Waals surface area (Å²) < 4.78 is 16.6. The van der Waals surface area contributed by atoms with Gasteiger partial charge in [-0.3, -0.25) is 4.79 Å². The van der Waals surface area contributed by atoms with Crippen LogP contribution in [0, 0.1) is 11.7 Å². The second-order valence-corrected chi connectivity index (χ2v) is 7.20. The van der Waals surface area contributed by atoms with Crippen LogP contribution in [0.25, 0.3) is 11.0 Å². The van der Waals surface area contributed by atoms with Gasteiger partial charge in [0.2, 0.25) is 5.43 Å². The molecular formula is C18H19FN6O5. The number of pyridine rings is 2. The van der Waals surface area contributed by atoms with Gasteiger partial charge in [-0.25, -0.2) is 14.2 Å². The van der Waals surface area contributed by atoms with E-state index in [-0.39, 0.29) is 41.8 Å². The number of hydrogen-bond donors (Lipinski definition) is 3. The van der Waals surface area contributed by atoms with Crippen LogP contribution in [0.3, 0.4) is 0 Å². The standard InChI is InChI=1S/C18H19FN6O5/c1-30-23-13-7-24(5-10(13)15(20)22-29)17-12(19)4-9-14(26)11(18(27)28)6-25(8-2-3-8)16(9)21-17/h4,6,8,10,29H,2-3,5,7H2,1H3,(H2,20,22)(H,27,28)/b23-13-. The maximum Gasteiger partial charge on any atom is 0.341 e. The highest BCUT2D eigenvalue weighted by Crippen LogP contribution is 2.37. The SMILES string of the molecule is CO/N=C1/CN(c2nc3c(cc2F)c(=O)c(C(=O)O)cn3C2CC2)CC1/C(N)=N\O. The summed E-state index contributed by atoms with van der Waals surface area (Å²) in [6.07, 6.45) is 2.89. The van der Waals surface area contributed by atoms with Crippen molar-refractivity contribution in [2.75, 3.05) is 25.1 Å². The monoisotopic (exact) mass is 418 g/mol. The van der Waals surface area contributed by atoms with Gasteiger partial charge >= 0.3 is 5.97 Å². The number of nitrogens with two attached hydrogens (primary N) is 1. The topological polar surface area (TPSA) is 156 Å². The Hall–Kier alpha value is -3.70. The van der Waals surface area contributed by atoms with Crippen LogP contribution < -0.4 is 16.1 Å². The molecule has 0 radical (unpaired) electrons. The molecule has 0 bridgehead atoms. The maximum atomic E-state index is 15.0. The number of halogens is 1. The van der Waals surface area contributed by atoms with E-state index in [1.165, 1.54) is 13.3 Å². The van der Waals surface area contributed by atoms with Gasteiger partial charge in [-0.1, -0.05) is 10.3 Å². The predicted octanol–water partition coefficient (Wildman–Crippen LogP) is 0.754. The third-order valence-electron chi connectivity index (χ3n) is 5.25. The van der Waals surface area contributed by atoms with Gasteiger partial charge in [0.15, 0.2) is 11.6 Å². The molecule has 0 aromatic carbocycles. The van der Waals surface area contributed by atoms with E-state index in [1.807, 2.05) is 0 Å². The Kier molecular flexibility index (Phi) is 4.76. The number of hydrogen-bond acceptors (Lipinski definition) is 8. The van der Waals surface area contributed by atoms with Gasteiger partial charge in [0.25, 0.3) is 0 Å². The molecule has 12 heteroatoms. The van der Waals surface area contributed by atoms with E-state index in [0.717, 1.165) is 18.9 Å². The average molecular weight is 418 g/mol.